The van der Waals surface area contributed by atoms with Crippen LogP contribution in [0.3, 0.4) is 0 Å². The Hall–Kier alpha value is -5.49. The number of aromatic amines is 1. The van der Waals surface area contributed by atoms with Gasteiger partial charge in [-0.05, 0) is 80.9 Å². The molecule has 11 nitrogen and oxygen atoms in total. The number of nitrogens with one attached hydrogen (secondary N) is 2. The van der Waals surface area contributed by atoms with E-state index in [0.29, 0.717) is 53.3 Å². The van der Waals surface area contributed by atoms with Crippen LogP contribution in [0.25, 0.3) is 21.9 Å². The number of carbonyl (C=O) groups excluding carboxylic acids is 1. The SMILES string of the molecule is N#Cc1ccc(COc2cccc(C3CCN(Cc4nc5cc(C(=O)Nc6cc(F)c7[nH]ncc7c6)ccc5n4C[C@]4([Si])CCO4)CC3)n2)c(F)c1. The second kappa shape index (κ2) is 13.9. The number of fused-ring (bicyclic) bond motifs is 2. The van der Waals surface area contributed by atoms with Crippen molar-refractivity contribution in [3.05, 3.63) is 113 Å². The van der Waals surface area contributed by atoms with Crippen molar-refractivity contribution in [2.75, 3.05) is 25.0 Å². The molecule has 1 atom stereocenters. The first-order valence-electron chi connectivity index (χ1n) is 17.1. The Morgan fingerprint density at radius 3 is 2.71 bits per heavy atom. The molecule has 2 saturated heterocycles. The van der Waals surface area contributed by atoms with Gasteiger partial charge in [-0.15, -0.1) is 0 Å². The number of piperidine rings is 1. The van der Waals surface area contributed by atoms with E-state index in [0.717, 1.165) is 49.4 Å². The van der Waals surface area contributed by atoms with Gasteiger partial charge in [0, 0.05) is 53.0 Å². The maximum Gasteiger partial charge on any atom is 0.255 e. The van der Waals surface area contributed by atoms with E-state index in [-0.39, 0.29) is 29.5 Å². The lowest BCUT2D eigenvalue weighted by Crippen LogP contribution is -2.48. The summed E-state index contributed by atoms with van der Waals surface area (Å²) < 4.78 is 42.7. The summed E-state index contributed by atoms with van der Waals surface area (Å²) in [6.07, 6.45) is 4.16. The molecule has 2 aliphatic heterocycles. The molecule has 8 rings (SSSR count). The zero-order chi connectivity index (χ0) is 35.8. The Kier molecular flexibility index (Phi) is 9.00. The van der Waals surface area contributed by atoms with Gasteiger partial charge in [0.15, 0.2) is 5.82 Å². The normalized spacial score (nSPS) is 18.0. The van der Waals surface area contributed by atoms with E-state index in [1.54, 1.807) is 36.4 Å². The second-order valence-electron chi connectivity index (χ2n) is 13.3. The van der Waals surface area contributed by atoms with Gasteiger partial charge in [0.25, 0.3) is 5.91 Å². The number of nitriles is 1. The average Bonchev–Trinajstić information content (AvgIpc) is 3.75. The molecule has 0 bridgehead atoms. The van der Waals surface area contributed by atoms with Gasteiger partial charge in [0.1, 0.15) is 23.8 Å². The number of benzene rings is 3. The van der Waals surface area contributed by atoms with Crippen molar-refractivity contribution in [3.63, 3.8) is 0 Å². The molecule has 1 amide bonds. The quantitative estimate of drug-likeness (QED) is 0.166. The van der Waals surface area contributed by atoms with Gasteiger partial charge in [0.05, 0.1) is 50.9 Å². The summed E-state index contributed by atoms with van der Waals surface area (Å²) in [6, 6.07) is 20.3. The molecule has 6 aromatic rings. The number of aromatic nitrogens is 5. The molecule has 0 aliphatic carbocycles. The molecule has 2 N–H and O–H groups in total. The predicted molar refractivity (Wildman–Crippen MR) is 190 cm³/mol. The Morgan fingerprint density at radius 1 is 1.10 bits per heavy atom. The van der Waals surface area contributed by atoms with Crippen LogP contribution in [0.5, 0.6) is 5.88 Å². The van der Waals surface area contributed by atoms with Crippen LogP contribution in [0.2, 0.25) is 0 Å². The summed E-state index contributed by atoms with van der Waals surface area (Å²) in [6.45, 7) is 3.53. The summed E-state index contributed by atoms with van der Waals surface area (Å²) in [5, 5.41) is 18.4. The molecule has 14 heteroatoms. The molecule has 2 fully saturated rings. The lowest BCUT2D eigenvalue weighted by atomic mass is 9.93. The van der Waals surface area contributed by atoms with Crippen molar-refractivity contribution in [3.8, 4) is 11.9 Å². The minimum absolute atomic E-state index is 0.0163. The van der Waals surface area contributed by atoms with Crippen LogP contribution < -0.4 is 10.1 Å². The summed E-state index contributed by atoms with van der Waals surface area (Å²) in [5.41, 5.74) is 4.17. The number of ether oxygens (including phenoxy) is 2. The minimum Gasteiger partial charge on any atom is -0.473 e. The van der Waals surface area contributed by atoms with E-state index >= 15 is 0 Å². The smallest absolute Gasteiger partial charge is 0.255 e. The first-order chi connectivity index (χ1) is 25.2. The van der Waals surface area contributed by atoms with Crippen LogP contribution in [0.15, 0.2) is 72.9 Å². The zero-order valence-electron chi connectivity index (χ0n) is 28.0. The van der Waals surface area contributed by atoms with Crippen LogP contribution in [-0.2, 0) is 24.4 Å². The molecule has 3 aromatic heterocycles. The molecular weight excluding hydrogens is 683 g/mol. The van der Waals surface area contributed by atoms with Crippen LogP contribution in [-0.4, -0.2) is 70.7 Å². The first kappa shape index (κ1) is 33.6. The Bertz CT molecular complexity index is 2340. The van der Waals surface area contributed by atoms with E-state index in [2.05, 4.69) is 35.2 Å². The summed E-state index contributed by atoms with van der Waals surface area (Å²) >= 11 is 0. The van der Waals surface area contributed by atoms with E-state index in [1.165, 1.54) is 18.3 Å². The Balaban J connectivity index is 0.949. The van der Waals surface area contributed by atoms with Crippen LogP contribution >= 0.6 is 0 Å². The lowest BCUT2D eigenvalue weighted by molar-refractivity contribution is -0.0947. The third-order valence-corrected chi connectivity index (χ3v) is 10.4. The summed E-state index contributed by atoms with van der Waals surface area (Å²) in [4.78, 5) is 25.4. The average molecular weight is 716 g/mol. The fourth-order valence-electron chi connectivity index (χ4n) is 6.85. The number of hydrogen-bond acceptors (Lipinski definition) is 8. The third kappa shape index (κ3) is 6.90. The number of nitrogens with zero attached hydrogens (tertiary/aromatic N) is 6. The number of imidazole rings is 1. The molecule has 2 aliphatic rings. The van der Waals surface area contributed by atoms with E-state index in [4.69, 9.17) is 24.7 Å². The fraction of sp³-hybridized carbons (Fsp3) is 0.289. The van der Waals surface area contributed by atoms with E-state index < -0.39 is 16.9 Å². The van der Waals surface area contributed by atoms with Gasteiger partial charge < -0.3 is 19.4 Å². The van der Waals surface area contributed by atoms with Crippen LogP contribution in [0, 0.1) is 23.0 Å². The van der Waals surface area contributed by atoms with E-state index in [9.17, 15) is 13.6 Å². The topological polar surface area (TPSA) is 134 Å². The Labute approximate surface area is 301 Å². The summed E-state index contributed by atoms with van der Waals surface area (Å²) in [7, 11) is 3.83. The number of H-pyrrole nitrogens is 1. The Morgan fingerprint density at radius 2 is 1.94 bits per heavy atom. The molecular formula is C38H33F2N8O3Si. The highest BCUT2D eigenvalue weighted by atomic mass is 28.1. The molecule has 3 aromatic carbocycles. The molecule has 0 unspecified atom stereocenters. The highest BCUT2D eigenvalue weighted by Crippen LogP contribution is 2.32. The van der Waals surface area contributed by atoms with Gasteiger partial charge in [-0.2, -0.15) is 10.4 Å². The molecule has 0 spiro atoms. The predicted octanol–water partition coefficient (Wildman–Crippen LogP) is 5.95. The van der Waals surface area contributed by atoms with Crippen molar-refractivity contribution in [1.29, 1.82) is 5.26 Å². The number of rotatable bonds is 10. The first-order valence-corrected chi connectivity index (χ1v) is 17.6. The van der Waals surface area contributed by atoms with Crippen molar-refractivity contribution < 1.29 is 23.0 Å². The highest BCUT2D eigenvalue weighted by Gasteiger charge is 2.35. The minimum atomic E-state index is -0.498. The van der Waals surface area contributed by atoms with Crippen LogP contribution in [0.4, 0.5) is 14.5 Å². The molecule has 261 valence electrons. The van der Waals surface area contributed by atoms with Gasteiger partial charge >= 0.3 is 0 Å². The molecule has 5 heterocycles. The maximum atomic E-state index is 14.5. The van der Waals surface area contributed by atoms with Crippen molar-refractivity contribution >= 4 is 43.8 Å². The molecule has 0 saturated carbocycles. The lowest BCUT2D eigenvalue weighted by Gasteiger charge is -2.39. The second-order valence-corrected chi connectivity index (χ2v) is 14.2. The van der Waals surface area contributed by atoms with E-state index in [1.807, 2.05) is 24.3 Å². The number of halogens is 2. The van der Waals surface area contributed by atoms with Gasteiger partial charge in [-0.25, -0.2) is 18.7 Å². The standard InChI is InChI=1S/C38H33F2N8O3Si/c39-29-14-23(18-41)4-5-26(29)21-50-35-3-1-2-31(45-35)24-8-11-47(12-9-24)20-34-44-32-16-25(6-7-33(32)48(34)22-38(52)10-13-51-38)37(49)43-28-15-27-19-42-46-36(27)30(40)17-28/h1-7,14-17,19,24H,8-13,20-22H2,(H,42,46)(H,43,49)/t38-/m1/s1. The number of carbonyl (C=O) groups is 1. The zero-order valence-corrected chi connectivity index (χ0v) is 29.0. The van der Waals surface area contributed by atoms with Crippen molar-refractivity contribution in [2.24, 2.45) is 0 Å². The monoisotopic (exact) mass is 715 g/mol. The van der Waals surface area contributed by atoms with Crippen molar-refractivity contribution in [1.82, 2.24) is 29.6 Å². The number of amides is 1. The van der Waals surface area contributed by atoms with Gasteiger partial charge in [0.2, 0.25) is 5.88 Å². The molecule has 3 radical (unpaired) electrons. The van der Waals surface area contributed by atoms with Gasteiger partial charge in [-0.1, -0.05) is 12.1 Å². The van der Waals surface area contributed by atoms with Gasteiger partial charge in [-0.3, -0.25) is 14.8 Å². The third-order valence-electron chi connectivity index (χ3n) is 9.82. The van der Waals surface area contributed by atoms with Crippen molar-refractivity contribution in [2.45, 2.75) is 50.1 Å². The summed E-state index contributed by atoms with van der Waals surface area (Å²) in [5.74, 6) is 0.191. The number of pyridine rings is 1. The maximum absolute atomic E-state index is 14.5. The highest BCUT2D eigenvalue weighted by molar-refractivity contribution is 6.15. The van der Waals surface area contributed by atoms with Crippen LogP contribution in [0.1, 0.15) is 58.2 Å². The number of likely N-dealkylation sites (tertiary alicyclic amines) is 1. The largest absolute Gasteiger partial charge is 0.473 e. The molecule has 52 heavy (non-hydrogen) atoms. The number of anilines is 1. The number of hydrogen-bond donors (Lipinski definition) is 2. The fourth-order valence-corrected chi connectivity index (χ4v) is 7.21.